The first-order valence-electron chi connectivity index (χ1n) is 6.39. The van der Waals surface area contributed by atoms with Crippen LogP contribution in [0.5, 0.6) is 0 Å². The summed E-state index contributed by atoms with van der Waals surface area (Å²) in [4.78, 5) is 29.7. The number of hydrogen-bond acceptors (Lipinski definition) is 4. The molecule has 6 nitrogen and oxygen atoms in total. The van der Waals surface area contributed by atoms with Crippen LogP contribution in [0.3, 0.4) is 0 Å². The molecule has 1 aliphatic heterocycles. The Labute approximate surface area is 121 Å². The molecule has 0 aromatic carbocycles. The van der Waals surface area contributed by atoms with Crippen LogP contribution in [0.1, 0.15) is 12.8 Å². The molecule has 0 aliphatic carbocycles. The number of anilines is 1. The summed E-state index contributed by atoms with van der Waals surface area (Å²) in [5, 5.41) is 11.6. The summed E-state index contributed by atoms with van der Waals surface area (Å²) in [6.07, 6.45) is 4.67. The highest BCUT2D eigenvalue weighted by atomic mass is 32.2. The molecule has 0 atom stereocenters. The molecule has 7 heteroatoms. The highest BCUT2D eigenvalue weighted by Gasteiger charge is 2.26. The Hall–Kier alpha value is -1.76. The van der Waals surface area contributed by atoms with Crippen LogP contribution >= 0.6 is 11.8 Å². The zero-order valence-corrected chi connectivity index (χ0v) is 12.0. The van der Waals surface area contributed by atoms with Crippen molar-refractivity contribution in [3.8, 4) is 0 Å². The van der Waals surface area contributed by atoms with E-state index in [0.29, 0.717) is 31.7 Å². The Morgan fingerprint density at radius 2 is 2.10 bits per heavy atom. The van der Waals surface area contributed by atoms with Gasteiger partial charge in [0.2, 0.25) is 0 Å². The quantitative estimate of drug-likeness (QED) is 0.835. The Morgan fingerprint density at radius 3 is 2.60 bits per heavy atom. The van der Waals surface area contributed by atoms with E-state index >= 15 is 0 Å². The highest BCUT2D eigenvalue weighted by molar-refractivity contribution is 7.98. The molecule has 0 bridgehead atoms. The lowest BCUT2D eigenvalue weighted by molar-refractivity contribution is -0.143. The van der Waals surface area contributed by atoms with Crippen molar-refractivity contribution in [1.29, 1.82) is 0 Å². The zero-order valence-electron chi connectivity index (χ0n) is 11.2. The van der Waals surface area contributed by atoms with Crippen molar-refractivity contribution in [2.45, 2.75) is 17.7 Å². The second-order valence-corrected chi connectivity index (χ2v) is 5.49. The Morgan fingerprint density at radius 1 is 1.40 bits per heavy atom. The summed E-state index contributed by atoms with van der Waals surface area (Å²) in [5.74, 6) is -0.606. The van der Waals surface area contributed by atoms with E-state index in [2.05, 4.69) is 10.3 Å². The number of carboxylic acid groups (broad SMARTS) is 1. The van der Waals surface area contributed by atoms with Crippen LogP contribution in [-0.4, -0.2) is 46.3 Å². The fourth-order valence-electron chi connectivity index (χ4n) is 2.09. The number of amides is 2. The summed E-state index contributed by atoms with van der Waals surface area (Å²) in [5.41, 5.74) is 0. The monoisotopic (exact) mass is 295 g/mol. The lowest BCUT2D eigenvalue weighted by Crippen LogP contribution is -2.42. The fraction of sp³-hybridized carbons (Fsp3) is 0.462. The Bertz CT molecular complexity index is 484. The van der Waals surface area contributed by atoms with Crippen LogP contribution in [0, 0.1) is 5.92 Å². The molecule has 2 N–H and O–H groups in total. The first kappa shape index (κ1) is 14.6. The minimum Gasteiger partial charge on any atom is -0.481 e. The largest absolute Gasteiger partial charge is 0.481 e. The molecule has 2 amide bonds. The average molecular weight is 295 g/mol. The van der Waals surface area contributed by atoms with Crippen molar-refractivity contribution in [3.05, 3.63) is 18.3 Å². The van der Waals surface area contributed by atoms with Gasteiger partial charge in [-0.25, -0.2) is 9.78 Å². The molecule has 1 saturated heterocycles. The number of thioether (sulfide) groups is 1. The van der Waals surface area contributed by atoms with Gasteiger partial charge in [-0.15, -0.1) is 11.8 Å². The predicted molar refractivity (Wildman–Crippen MR) is 77.0 cm³/mol. The Balaban J connectivity index is 1.87. The number of aromatic nitrogens is 1. The van der Waals surface area contributed by atoms with Gasteiger partial charge in [-0.05, 0) is 31.2 Å². The minimum absolute atomic E-state index is 0.224. The smallest absolute Gasteiger partial charge is 0.323 e. The summed E-state index contributed by atoms with van der Waals surface area (Å²) >= 11 is 1.59. The topological polar surface area (TPSA) is 82.5 Å². The van der Waals surface area contributed by atoms with Gasteiger partial charge in [0.05, 0.1) is 5.92 Å². The molecule has 2 heterocycles. The van der Waals surface area contributed by atoms with Crippen molar-refractivity contribution < 1.29 is 14.7 Å². The maximum Gasteiger partial charge on any atom is 0.323 e. The number of rotatable bonds is 3. The van der Waals surface area contributed by atoms with Crippen LogP contribution in [0.4, 0.5) is 10.6 Å². The molecule has 1 aliphatic rings. The molecule has 0 saturated carbocycles. The number of nitrogens with one attached hydrogen (secondary N) is 1. The number of carbonyl (C=O) groups is 2. The molecular weight excluding hydrogens is 278 g/mol. The molecule has 1 aromatic heterocycles. The third kappa shape index (κ3) is 3.63. The number of hydrogen-bond donors (Lipinski definition) is 2. The van der Waals surface area contributed by atoms with E-state index in [1.165, 1.54) is 0 Å². The second-order valence-electron chi connectivity index (χ2n) is 4.61. The molecule has 1 fully saturated rings. The average Bonchev–Trinajstić information content (AvgIpc) is 2.48. The van der Waals surface area contributed by atoms with Crippen molar-refractivity contribution in [3.63, 3.8) is 0 Å². The first-order valence-corrected chi connectivity index (χ1v) is 7.61. The number of piperidine rings is 1. The molecule has 2 rings (SSSR count). The number of carboxylic acids is 1. The predicted octanol–water partition coefficient (Wildman–Crippen LogP) is 2.13. The lowest BCUT2D eigenvalue weighted by atomic mass is 9.97. The number of urea groups is 1. The summed E-state index contributed by atoms with van der Waals surface area (Å²) in [7, 11) is 0. The SMILES string of the molecule is CSc1ccc(NC(=O)N2CCC(C(=O)O)CC2)nc1. The van der Waals surface area contributed by atoms with Crippen LogP contribution < -0.4 is 5.32 Å². The number of nitrogens with zero attached hydrogens (tertiary/aromatic N) is 2. The van der Waals surface area contributed by atoms with Gasteiger partial charge in [-0.2, -0.15) is 0 Å². The van der Waals surface area contributed by atoms with E-state index in [-0.39, 0.29) is 11.9 Å². The summed E-state index contributed by atoms with van der Waals surface area (Å²) in [6.45, 7) is 0.928. The van der Waals surface area contributed by atoms with Crippen molar-refractivity contribution in [2.24, 2.45) is 5.92 Å². The first-order chi connectivity index (χ1) is 9.60. The van der Waals surface area contributed by atoms with Gasteiger partial charge in [0.15, 0.2) is 0 Å². The van der Waals surface area contributed by atoms with E-state index in [4.69, 9.17) is 5.11 Å². The van der Waals surface area contributed by atoms with Gasteiger partial charge in [-0.1, -0.05) is 0 Å². The zero-order chi connectivity index (χ0) is 14.5. The van der Waals surface area contributed by atoms with E-state index in [0.717, 1.165) is 4.90 Å². The van der Waals surface area contributed by atoms with Crippen LogP contribution in [0.2, 0.25) is 0 Å². The normalized spacial score (nSPS) is 15.9. The fourth-order valence-corrected chi connectivity index (χ4v) is 2.46. The molecule has 0 radical (unpaired) electrons. The standard InChI is InChI=1S/C13H17N3O3S/c1-20-10-2-3-11(14-8-10)15-13(19)16-6-4-9(5-7-16)12(17)18/h2-3,8-9H,4-7H2,1H3,(H,17,18)(H,14,15,19). The Kier molecular flexibility index (Phi) is 4.84. The van der Waals surface area contributed by atoms with Crippen LogP contribution in [0.15, 0.2) is 23.2 Å². The third-order valence-electron chi connectivity index (χ3n) is 3.34. The van der Waals surface area contributed by atoms with Crippen LogP contribution in [-0.2, 0) is 4.79 Å². The van der Waals surface area contributed by atoms with E-state index in [1.54, 1.807) is 28.9 Å². The molecule has 108 valence electrons. The molecular formula is C13H17N3O3S. The van der Waals surface area contributed by atoms with E-state index in [9.17, 15) is 9.59 Å². The summed E-state index contributed by atoms with van der Waals surface area (Å²) < 4.78 is 0. The number of aliphatic carboxylic acids is 1. The maximum absolute atomic E-state index is 12.0. The molecule has 1 aromatic rings. The molecule has 0 unspecified atom stereocenters. The van der Waals surface area contributed by atoms with Crippen LogP contribution in [0.25, 0.3) is 0 Å². The number of carbonyl (C=O) groups excluding carboxylic acids is 1. The van der Waals surface area contributed by atoms with Gasteiger partial charge >= 0.3 is 12.0 Å². The van der Waals surface area contributed by atoms with Crippen molar-refractivity contribution in [2.75, 3.05) is 24.7 Å². The van der Waals surface area contributed by atoms with Crippen molar-refractivity contribution >= 4 is 29.6 Å². The van der Waals surface area contributed by atoms with Gasteiger partial charge in [-0.3, -0.25) is 10.1 Å². The minimum atomic E-state index is -0.778. The van der Waals surface area contributed by atoms with Gasteiger partial charge < -0.3 is 10.0 Å². The molecule has 0 spiro atoms. The van der Waals surface area contributed by atoms with E-state index < -0.39 is 5.97 Å². The highest BCUT2D eigenvalue weighted by Crippen LogP contribution is 2.19. The second kappa shape index (κ2) is 6.60. The molecule has 20 heavy (non-hydrogen) atoms. The third-order valence-corrected chi connectivity index (χ3v) is 4.05. The van der Waals surface area contributed by atoms with Gasteiger partial charge in [0, 0.05) is 24.2 Å². The van der Waals surface area contributed by atoms with Gasteiger partial charge in [0.25, 0.3) is 0 Å². The lowest BCUT2D eigenvalue weighted by Gasteiger charge is -2.29. The van der Waals surface area contributed by atoms with Gasteiger partial charge in [0.1, 0.15) is 5.82 Å². The number of likely N-dealkylation sites (tertiary alicyclic amines) is 1. The maximum atomic E-state index is 12.0. The van der Waals surface area contributed by atoms with E-state index in [1.807, 2.05) is 12.3 Å². The number of pyridine rings is 1. The van der Waals surface area contributed by atoms with Crippen molar-refractivity contribution in [1.82, 2.24) is 9.88 Å². The summed E-state index contributed by atoms with van der Waals surface area (Å²) in [6, 6.07) is 3.43.